The van der Waals surface area contributed by atoms with Crippen molar-refractivity contribution >= 4 is 17.4 Å². The highest BCUT2D eigenvalue weighted by Crippen LogP contribution is 2.39. The molecule has 5 nitrogen and oxygen atoms in total. The SMILES string of the molecule is COc1ccc(CO[C@H]2C[C@@H](/C(C)=C/c3csc(C)n3)OC3OC32)cc1. The van der Waals surface area contributed by atoms with Gasteiger partial charge in [-0.1, -0.05) is 12.1 Å². The Morgan fingerprint density at radius 2 is 2.12 bits per heavy atom. The normalized spacial score (nSPS) is 27.9. The van der Waals surface area contributed by atoms with Crippen molar-refractivity contribution in [3.8, 4) is 5.75 Å². The van der Waals surface area contributed by atoms with Gasteiger partial charge in [0.05, 0.1) is 36.6 Å². The number of benzene rings is 1. The summed E-state index contributed by atoms with van der Waals surface area (Å²) in [6.07, 6.45) is 2.84. The van der Waals surface area contributed by atoms with Crippen molar-refractivity contribution in [2.45, 2.75) is 51.5 Å². The number of aryl methyl sites for hydroxylation is 1. The summed E-state index contributed by atoms with van der Waals surface area (Å²) in [6, 6.07) is 7.95. The van der Waals surface area contributed by atoms with Crippen LogP contribution < -0.4 is 4.74 Å². The first kappa shape index (κ1) is 17.7. The van der Waals surface area contributed by atoms with Gasteiger partial charge in [-0.2, -0.15) is 0 Å². The Labute approximate surface area is 157 Å². The molecule has 1 aromatic carbocycles. The van der Waals surface area contributed by atoms with Gasteiger partial charge in [0.25, 0.3) is 0 Å². The smallest absolute Gasteiger partial charge is 0.187 e. The van der Waals surface area contributed by atoms with Gasteiger partial charge in [-0.15, -0.1) is 11.3 Å². The van der Waals surface area contributed by atoms with Crippen LogP contribution in [-0.2, 0) is 20.8 Å². The summed E-state index contributed by atoms with van der Waals surface area (Å²) < 4.78 is 23.0. The van der Waals surface area contributed by atoms with Crippen LogP contribution in [0.1, 0.15) is 29.6 Å². The van der Waals surface area contributed by atoms with Crippen LogP contribution in [0, 0.1) is 6.92 Å². The lowest BCUT2D eigenvalue weighted by atomic mass is 9.99. The maximum Gasteiger partial charge on any atom is 0.187 e. The third kappa shape index (κ3) is 3.99. The van der Waals surface area contributed by atoms with Crippen molar-refractivity contribution in [2.75, 3.05) is 7.11 Å². The molecule has 6 heteroatoms. The molecule has 2 fully saturated rings. The Kier molecular flexibility index (Phi) is 5.09. The van der Waals surface area contributed by atoms with E-state index in [2.05, 4.69) is 23.4 Å². The van der Waals surface area contributed by atoms with Crippen molar-refractivity contribution in [2.24, 2.45) is 0 Å². The molecule has 0 N–H and O–H groups in total. The summed E-state index contributed by atoms with van der Waals surface area (Å²) in [7, 11) is 1.67. The number of hydrogen-bond acceptors (Lipinski definition) is 6. The van der Waals surface area contributed by atoms with Gasteiger partial charge in [-0.3, -0.25) is 0 Å². The Balaban J connectivity index is 1.37. The average molecular weight is 373 g/mol. The van der Waals surface area contributed by atoms with Crippen molar-refractivity contribution in [1.29, 1.82) is 0 Å². The van der Waals surface area contributed by atoms with Crippen LogP contribution in [0.2, 0.25) is 0 Å². The quantitative estimate of drug-likeness (QED) is 0.718. The highest BCUT2D eigenvalue weighted by Gasteiger charge is 2.52. The molecule has 0 saturated carbocycles. The number of epoxide rings is 1. The number of ether oxygens (including phenoxy) is 4. The predicted molar refractivity (Wildman–Crippen MR) is 100 cm³/mol. The molecular weight excluding hydrogens is 350 g/mol. The van der Waals surface area contributed by atoms with Crippen LogP contribution in [-0.4, -0.2) is 36.7 Å². The second-order valence-electron chi connectivity index (χ2n) is 6.71. The number of aromatic nitrogens is 1. The molecule has 138 valence electrons. The number of fused-ring (bicyclic) bond motifs is 1. The molecule has 2 aliphatic heterocycles. The molecule has 26 heavy (non-hydrogen) atoms. The molecule has 2 aromatic rings. The molecule has 2 saturated heterocycles. The van der Waals surface area contributed by atoms with Crippen molar-refractivity contribution in [3.05, 3.63) is 51.5 Å². The third-order valence-corrected chi connectivity index (χ3v) is 5.53. The summed E-state index contributed by atoms with van der Waals surface area (Å²) in [5.41, 5.74) is 3.27. The van der Waals surface area contributed by atoms with Gasteiger partial charge >= 0.3 is 0 Å². The molecule has 0 radical (unpaired) electrons. The van der Waals surface area contributed by atoms with Gasteiger partial charge in [-0.25, -0.2) is 4.98 Å². The number of rotatable bonds is 6. The molecule has 3 heterocycles. The minimum atomic E-state index is -0.143. The van der Waals surface area contributed by atoms with Gasteiger partial charge in [0.15, 0.2) is 6.29 Å². The van der Waals surface area contributed by atoms with Gasteiger partial charge in [0.1, 0.15) is 11.9 Å². The molecule has 4 rings (SSSR count). The Bertz CT molecular complexity index is 785. The first-order chi connectivity index (χ1) is 12.6. The van der Waals surface area contributed by atoms with E-state index in [-0.39, 0.29) is 24.6 Å². The lowest BCUT2D eigenvalue weighted by Crippen LogP contribution is -2.35. The van der Waals surface area contributed by atoms with E-state index in [1.807, 2.05) is 31.2 Å². The van der Waals surface area contributed by atoms with E-state index in [4.69, 9.17) is 18.9 Å². The number of methoxy groups -OCH3 is 1. The monoisotopic (exact) mass is 373 g/mol. The molecule has 0 amide bonds. The Hall–Kier alpha value is -1.73. The molecule has 0 aliphatic carbocycles. The van der Waals surface area contributed by atoms with Crippen LogP contribution >= 0.6 is 11.3 Å². The second kappa shape index (κ2) is 7.48. The average Bonchev–Trinajstić information content (AvgIpc) is 3.34. The molecule has 1 aromatic heterocycles. The molecule has 0 bridgehead atoms. The predicted octanol–water partition coefficient (Wildman–Crippen LogP) is 3.96. The van der Waals surface area contributed by atoms with Crippen LogP contribution in [0.25, 0.3) is 6.08 Å². The summed E-state index contributed by atoms with van der Waals surface area (Å²) >= 11 is 1.66. The van der Waals surface area contributed by atoms with E-state index in [1.165, 1.54) is 0 Å². The fourth-order valence-electron chi connectivity index (χ4n) is 3.20. The van der Waals surface area contributed by atoms with E-state index >= 15 is 0 Å². The van der Waals surface area contributed by atoms with E-state index in [0.29, 0.717) is 6.61 Å². The van der Waals surface area contributed by atoms with Crippen LogP contribution in [0.15, 0.2) is 35.2 Å². The zero-order valence-corrected chi connectivity index (χ0v) is 16.0. The van der Waals surface area contributed by atoms with E-state index in [1.54, 1.807) is 18.4 Å². The van der Waals surface area contributed by atoms with Crippen molar-refractivity contribution in [1.82, 2.24) is 4.98 Å². The summed E-state index contributed by atoms with van der Waals surface area (Å²) in [6.45, 7) is 4.66. The highest BCUT2D eigenvalue weighted by molar-refractivity contribution is 7.09. The highest BCUT2D eigenvalue weighted by atomic mass is 32.1. The van der Waals surface area contributed by atoms with Gasteiger partial charge in [0.2, 0.25) is 0 Å². The van der Waals surface area contributed by atoms with Crippen LogP contribution in [0.3, 0.4) is 0 Å². The molecule has 2 unspecified atom stereocenters. The Morgan fingerprint density at radius 3 is 2.81 bits per heavy atom. The first-order valence-corrected chi connectivity index (χ1v) is 9.66. The molecule has 0 spiro atoms. The number of nitrogens with zero attached hydrogens (tertiary/aromatic N) is 1. The molecule has 4 atom stereocenters. The third-order valence-electron chi connectivity index (χ3n) is 4.74. The van der Waals surface area contributed by atoms with E-state index < -0.39 is 0 Å². The second-order valence-corrected chi connectivity index (χ2v) is 7.77. The van der Waals surface area contributed by atoms with Gasteiger partial charge in [0, 0.05) is 11.8 Å². The van der Waals surface area contributed by atoms with E-state index in [0.717, 1.165) is 34.0 Å². The topological polar surface area (TPSA) is 53.1 Å². The summed E-state index contributed by atoms with van der Waals surface area (Å²) in [4.78, 5) is 4.50. The summed E-state index contributed by atoms with van der Waals surface area (Å²) in [5.74, 6) is 0.850. The lowest BCUT2D eigenvalue weighted by molar-refractivity contribution is -0.0576. The van der Waals surface area contributed by atoms with Crippen LogP contribution in [0.4, 0.5) is 0 Å². The zero-order valence-electron chi connectivity index (χ0n) is 15.2. The van der Waals surface area contributed by atoms with Gasteiger partial charge in [-0.05, 0) is 43.2 Å². The van der Waals surface area contributed by atoms with Crippen molar-refractivity contribution in [3.63, 3.8) is 0 Å². The number of thiazole rings is 1. The minimum Gasteiger partial charge on any atom is -0.497 e. The fourth-order valence-corrected chi connectivity index (χ4v) is 3.77. The fraction of sp³-hybridized carbons (Fsp3) is 0.450. The standard InChI is InChI=1S/C20H23NO4S/c1-12(8-15-11-26-13(2)21-15)17-9-18(19-20(24-17)25-19)23-10-14-4-6-16(22-3)7-5-14/h4-8,11,17-20H,9-10H2,1-3H3/b12-8+/t17-,18-,19?,20?/m0/s1. The molecule has 2 aliphatic rings. The van der Waals surface area contributed by atoms with Crippen molar-refractivity contribution < 1.29 is 18.9 Å². The maximum absolute atomic E-state index is 6.14. The molecular formula is C20H23NO4S. The lowest BCUT2D eigenvalue weighted by Gasteiger charge is -2.27. The Morgan fingerprint density at radius 1 is 1.31 bits per heavy atom. The minimum absolute atomic E-state index is 0.00150. The summed E-state index contributed by atoms with van der Waals surface area (Å²) in [5, 5.41) is 3.13. The number of hydrogen-bond donors (Lipinski definition) is 0. The van der Waals surface area contributed by atoms with E-state index in [9.17, 15) is 0 Å². The largest absolute Gasteiger partial charge is 0.497 e. The zero-order chi connectivity index (χ0) is 18.1. The first-order valence-electron chi connectivity index (χ1n) is 8.78. The van der Waals surface area contributed by atoms with Gasteiger partial charge < -0.3 is 18.9 Å². The maximum atomic E-state index is 6.14. The van der Waals surface area contributed by atoms with Crippen LogP contribution in [0.5, 0.6) is 5.75 Å².